The molecular weight excluding hydrogens is 466 g/mol. The summed E-state index contributed by atoms with van der Waals surface area (Å²) >= 11 is 0. The lowest BCUT2D eigenvalue weighted by molar-refractivity contribution is -0.385. The van der Waals surface area contributed by atoms with Crippen molar-refractivity contribution in [2.45, 2.75) is 18.7 Å². The Kier molecular flexibility index (Phi) is 7.52. The number of amides is 1. The molecule has 11 nitrogen and oxygen atoms in total. The van der Waals surface area contributed by atoms with E-state index >= 15 is 0 Å². The zero-order valence-corrected chi connectivity index (χ0v) is 19.8. The lowest BCUT2D eigenvalue weighted by Gasteiger charge is -2.34. The lowest BCUT2D eigenvalue weighted by atomic mass is 10.2. The molecule has 1 fully saturated rings. The number of nitro benzene ring substituents is 1. The number of piperazine rings is 1. The number of hydrogen-bond acceptors (Lipinski definition) is 8. The Morgan fingerprint density at radius 1 is 1.06 bits per heavy atom. The Bertz CT molecular complexity index is 1220. The average molecular weight is 492 g/mol. The zero-order chi connectivity index (χ0) is 25.0. The second-order valence-electron chi connectivity index (χ2n) is 7.77. The van der Waals surface area contributed by atoms with Gasteiger partial charge in [0.1, 0.15) is 0 Å². The standard InChI is InChI=1S/C22H25N3O8S/c1-15-4-7-20(16(2)12-15)34(30,31)24-10-8-23(9-11-24)21(26)14-33-22(27)17-5-6-19(32-3)18(13-17)25(28)29/h4-7,12-13H,8-11,14H2,1-3H3. The summed E-state index contributed by atoms with van der Waals surface area (Å²) in [6.07, 6.45) is 0. The summed E-state index contributed by atoms with van der Waals surface area (Å²) in [6, 6.07) is 8.72. The van der Waals surface area contributed by atoms with Gasteiger partial charge in [-0.15, -0.1) is 0 Å². The van der Waals surface area contributed by atoms with Crippen molar-refractivity contribution in [2.75, 3.05) is 39.9 Å². The van der Waals surface area contributed by atoms with Gasteiger partial charge in [0.2, 0.25) is 10.0 Å². The molecule has 0 aromatic heterocycles. The number of aryl methyl sites for hydroxylation is 2. The molecular formula is C22H25N3O8S. The number of hydrogen-bond donors (Lipinski definition) is 0. The molecule has 182 valence electrons. The van der Waals surface area contributed by atoms with E-state index < -0.39 is 39.1 Å². The first kappa shape index (κ1) is 25.1. The molecule has 0 spiro atoms. The van der Waals surface area contributed by atoms with Gasteiger partial charge in [-0.25, -0.2) is 13.2 Å². The van der Waals surface area contributed by atoms with E-state index in [1.54, 1.807) is 25.1 Å². The van der Waals surface area contributed by atoms with Gasteiger partial charge >= 0.3 is 11.7 Å². The highest BCUT2D eigenvalue weighted by Crippen LogP contribution is 2.28. The molecule has 2 aromatic rings. The predicted octanol–water partition coefficient (Wildman–Crippen LogP) is 1.91. The van der Waals surface area contributed by atoms with Crippen LogP contribution in [0.25, 0.3) is 0 Å². The first-order chi connectivity index (χ1) is 16.0. The van der Waals surface area contributed by atoms with Crippen molar-refractivity contribution in [3.05, 3.63) is 63.2 Å². The fourth-order valence-corrected chi connectivity index (χ4v) is 5.30. The summed E-state index contributed by atoms with van der Waals surface area (Å²) in [5.41, 5.74) is 1.13. The van der Waals surface area contributed by atoms with Crippen molar-refractivity contribution in [2.24, 2.45) is 0 Å². The molecule has 1 aliphatic rings. The largest absolute Gasteiger partial charge is 0.490 e. The third kappa shape index (κ3) is 5.34. The van der Waals surface area contributed by atoms with Crippen molar-refractivity contribution in [1.29, 1.82) is 0 Å². The Balaban J connectivity index is 1.57. The van der Waals surface area contributed by atoms with Gasteiger partial charge in [-0.1, -0.05) is 17.7 Å². The summed E-state index contributed by atoms with van der Waals surface area (Å²) in [6.45, 7) is 3.58. The Morgan fingerprint density at radius 3 is 2.32 bits per heavy atom. The zero-order valence-electron chi connectivity index (χ0n) is 19.0. The minimum atomic E-state index is -3.69. The summed E-state index contributed by atoms with van der Waals surface area (Å²) in [4.78, 5) is 36.8. The quantitative estimate of drug-likeness (QED) is 0.325. The van der Waals surface area contributed by atoms with Gasteiger partial charge < -0.3 is 14.4 Å². The van der Waals surface area contributed by atoms with Crippen LogP contribution >= 0.6 is 0 Å². The lowest BCUT2D eigenvalue weighted by Crippen LogP contribution is -2.51. The molecule has 34 heavy (non-hydrogen) atoms. The maximum absolute atomic E-state index is 13.0. The van der Waals surface area contributed by atoms with Crippen molar-refractivity contribution in [3.8, 4) is 5.75 Å². The number of esters is 1. The third-order valence-corrected chi connectivity index (χ3v) is 7.54. The first-order valence-electron chi connectivity index (χ1n) is 10.4. The molecule has 1 aliphatic heterocycles. The summed E-state index contributed by atoms with van der Waals surface area (Å²) in [5, 5.41) is 11.1. The van der Waals surface area contributed by atoms with Crippen LogP contribution in [0, 0.1) is 24.0 Å². The van der Waals surface area contributed by atoms with Gasteiger partial charge in [-0.2, -0.15) is 4.31 Å². The summed E-state index contributed by atoms with van der Waals surface area (Å²) in [7, 11) is -2.42. The van der Waals surface area contributed by atoms with E-state index in [0.29, 0.717) is 5.56 Å². The van der Waals surface area contributed by atoms with Gasteiger partial charge in [0.05, 0.1) is 22.5 Å². The van der Waals surface area contributed by atoms with Crippen LogP contribution < -0.4 is 4.74 Å². The molecule has 12 heteroatoms. The van der Waals surface area contributed by atoms with Crippen LogP contribution in [0.3, 0.4) is 0 Å². The Labute approximate surface area is 197 Å². The van der Waals surface area contributed by atoms with Gasteiger partial charge in [0, 0.05) is 32.2 Å². The first-order valence-corrected chi connectivity index (χ1v) is 11.8. The normalized spacial score (nSPS) is 14.5. The average Bonchev–Trinajstić information content (AvgIpc) is 2.81. The highest BCUT2D eigenvalue weighted by Gasteiger charge is 2.31. The Hall–Kier alpha value is -3.51. The number of sulfonamides is 1. The van der Waals surface area contributed by atoms with E-state index in [-0.39, 0.29) is 42.4 Å². The van der Waals surface area contributed by atoms with Crippen LogP contribution in [0.2, 0.25) is 0 Å². The molecule has 1 amide bonds. The van der Waals surface area contributed by atoms with Crippen LogP contribution in [-0.2, 0) is 19.6 Å². The number of carbonyl (C=O) groups is 2. The summed E-state index contributed by atoms with van der Waals surface area (Å²) < 4.78 is 37.2. The topological polar surface area (TPSA) is 136 Å². The summed E-state index contributed by atoms with van der Waals surface area (Å²) in [5.74, 6) is -1.39. The van der Waals surface area contributed by atoms with Gasteiger partial charge in [-0.3, -0.25) is 14.9 Å². The fraction of sp³-hybridized carbons (Fsp3) is 0.364. The van der Waals surface area contributed by atoms with Crippen LogP contribution in [0.15, 0.2) is 41.3 Å². The van der Waals surface area contributed by atoms with E-state index in [1.165, 1.54) is 28.4 Å². The molecule has 1 saturated heterocycles. The maximum atomic E-state index is 13.0. The van der Waals surface area contributed by atoms with Crippen LogP contribution in [0.5, 0.6) is 5.75 Å². The second kappa shape index (κ2) is 10.2. The number of rotatable bonds is 7. The SMILES string of the molecule is COc1ccc(C(=O)OCC(=O)N2CCN(S(=O)(=O)c3ccc(C)cc3C)CC2)cc1[N+](=O)[O-]. The number of methoxy groups -OCH3 is 1. The van der Waals surface area contributed by atoms with Crippen molar-refractivity contribution in [1.82, 2.24) is 9.21 Å². The molecule has 0 bridgehead atoms. The van der Waals surface area contributed by atoms with Crippen LogP contribution in [-0.4, -0.2) is 74.3 Å². The highest BCUT2D eigenvalue weighted by molar-refractivity contribution is 7.89. The third-order valence-electron chi connectivity index (χ3n) is 5.48. The monoisotopic (exact) mass is 491 g/mol. The van der Waals surface area contributed by atoms with E-state index in [4.69, 9.17) is 9.47 Å². The number of ether oxygens (including phenoxy) is 2. The minimum Gasteiger partial charge on any atom is -0.490 e. The molecule has 2 aromatic carbocycles. The van der Waals surface area contributed by atoms with E-state index in [9.17, 15) is 28.1 Å². The molecule has 0 saturated carbocycles. The number of nitro groups is 1. The maximum Gasteiger partial charge on any atom is 0.338 e. The molecule has 0 unspecified atom stereocenters. The fourth-order valence-electron chi connectivity index (χ4n) is 3.67. The van der Waals surface area contributed by atoms with E-state index in [1.807, 2.05) is 6.92 Å². The number of nitrogens with zero attached hydrogens (tertiary/aromatic N) is 3. The number of carbonyl (C=O) groups excluding carboxylic acids is 2. The molecule has 0 aliphatic carbocycles. The molecule has 0 radical (unpaired) electrons. The molecule has 1 heterocycles. The van der Waals surface area contributed by atoms with Crippen molar-refractivity contribution >= 4 is 27.6 Å². The highest BCUT2D eigenvalue weighted by atomic mass is 32.2. The van der Waals surface area contributed by atoms with E-state index in [2.05, 4.69) is 0 Å². The molecule has 3 rings (SSSR count). The second-order valence-corrected chi connectivity index (χ2v) is 9.68. The number of benzene rings is 2. The smallest absolute Gasteiger partial charge is 0.338 e. The van der Waals surface area contributed by atoms with Crippen molar-refractivity contribution < 1.29 is 32.4 Å². The van der Waals surface area contributed by atoms with Gasteiger partial charge in [0.15, 0.2) is 12.4 Å². The van der Waals surface area contributed by atoms with Crippen molar-refractivity contribution in [3.63, 3.8) is 0 Å². The minimum absolute atomic E-state index is 0.00807. The van der Waals surface area contributed by atoms with Crippen LogP contribution in [0.1, 0.15) is 21.5 Å². The molecule has 0 atom stereocenters. The van der Waals surface area contributed by atoms with E-state index in [0.717, 1.165) is 11.6 Å². The van der Waals surface area contributed by atoms with Gasteiger partial charge in [-0.05, 0) is 37.6 Å². The Morgan fingerprint density at radius 2 is 1.74 bits per heavy atom. The van der Waals surface area contributed by atoms with Crippen LogP contribution in [0.4, 0.5) is 5.69 Å². The predicted molar refractivity (Wildman–Crippen MR) is 121 cm³/mol. The van der Waals surface area contributed by atoms with Gasteiger partial charge in [0.25, 0.3) is 5.91 Å². The molecule has 0 N–H and O–H groups in total.